The van der Waals surface area contributed by atoms with Crippen LogP contribution in [0.4, 0.5) is 5.69 Å². The zero-order valence-electron chi connectivity index (χ0n) is 14.2. The molecule has 0 N–H and O–H groups in total. The van der Waals surface area contributed by atoms with Gasteiger partial charge in [-0.1, -0.05) is 33.8 Å². The number of benzene rings is 1. The molecular formula is C18H30N2O. The Morgan fingerprint density at radius 3 is 2.29 bits per heavy atom. The molecule has 2 rings (SSSR count). The van der Waals surface area contributed by atoms with E-state index in [4.69, 9.17) is 4.74 Å². The van der Waals surface area contributed by atoms with Crippen molar-refractivity contribution in [3.05, 3.63) is 23.8 Å². The molecule has 0 unspecified atom stereocenters. The number of nitrogens with zero attached hydrogens (tertiary/aromatic N) is 2. The van der Waals surface area contributed by atoms with E-state index in [1.807, 2.05) is 0 Å². The summed E-state index contributed by atoms with van der Waals surface area (Å²) in [4.78, 5) is 4.84. The van der Waals surface area contributed by atoms with Crippen molar-refractivity contribution >= 4 is 5.69 Å². The second-order valence-corrected chi connectivity index (χ2v) is 6.88. The van der Waals surface area contributed by atoms with Gasteiger partial charge in [0.25, 0.3) is 0 Å². The summed E-state index contributed by atoms with van der Waals surface area (Å²) in [5, 5.41) is 0. The molecule has 118 valence electrons. The molecule has 0 spiro atoms. The van der Waals surface area contributed by atoms with Crippen LogP contribution in [0.1, 0.15) is 39.2 Å². The number of hydrogen-bond donors (Lipinski definition) is 0. The van der Waals surface area contributed by atoms with E-state index in [1.54, 1.807) is 0 Å². The van der Waals surface area contributed by atoms with Crippen LogP contribution in [0.5, 0.6) is 5.75 Å². The Hall–Kier alpha value is -1.22. The fourth-order valence-corrected chi connectivity index (χ4v) is 2.57. The van der Waals surface area contributed by atoms with Gasteiger partial charge >= 0.3 is 0 Å². The molecule has 0 amide bonds. The molecule has 1 aliphatic heterocycles. The molecule has 0 aromatic heterocycles. The van der Waals surface area contributed by atoms with Crippen LogP contribution in [0.2, 0.25) is 0 Å². The average Bonchev–Trinajstić information content (AvgIpc) is 2.45. The number of piperazine rings is 1. The highest BCUT2D eigenvalue weighted by Gasteiger charge is 2.18. The Labute approximate surface area is 129 Å². The minimum Gasteiger partial charge on any atom is -0.491 e. The lowest BCUT2D eigenvalue weighted by Crippen LogP contribution is -2.44. The Morgan fingerprint density at radius 1 is 1.05 bits per heavy atom. The number of rotatable bonds is 5. The first-order valence-corrected chi connectivity index (χ1v) is 8.17. The SMILES string of the molecule is CC(C)COc1cc(C(C)C)ccc1N1CCN(C)CC1. The molecule has 21 heavy (non-hydrogen) atoms. The number of ether oxygens (including phenoxy) is 1. The number of anilines is 1. The molecule has 1 fully saturated rings. The van der Waals surface area contributed by atoms with Crippen LogP contribution in [0.3, 0.4) is 0 Å². The number of likely N-dealkylation sites (N-methyl/N-ethyl adjacent to an activating group) is 1. The highest BCUT2D eigenvalue weighted by Crippen LogP contribution is 2.33. The lowest BCUT2D eigenvalue weighted by Gasteiger charge is -2.35. The smallest absolute Gasteiger partial charge is 0.142 e. The molecule has 0 aliphatic carbocycles. The van der Waals surface area contributed by atoms with Crippen molar-refractivity contribution in [1.29, 1.82) is 0 Å². The third-order valence-corrected chi connectivity index (χ3v) is 4.07. The van der Waals surface area contributed by atoms with E-state index in [0.29, 0.717) is 11.8 Å². The van der Waals surface area contributed by atoms with E-state index in [0.717, 1.165) is 38.5 Å². The van der Waals surface area contributed by atoms with Gasteiger partial charge in [-0.05, 0) is 36.6 Å². The largest absolute Gasteiger partial charge is 0.491 e. The summed E-state index contributed by atoms with van der Waals surface area (Å²) in [5.41, 5.74) is 2.61. The summed E-state index contributed by atoms with van der Waals surface area (Å²) in [5.74, 6) is 2.14. The summed E-state index contributed by atoms with van der Waals surface area (Å²) in [6.07, 6.45) is 0. The molecule has 3 heteroatoms. The standard InChI is InChI=1S/C18H30N2O/c1-14(2)13-21-18-12-16(15(3)4)6-7-17(18)20-10-8-19(5)9-11-20/h6-7,12,14-15H,8-11,13H2,1-5H3. The van der Waals surface area contributed by atoms with Gasteiger partial charge in [-0.15, -0.1) is 0 Å². The van der Waals surface area contributed by atoms with Crippen LogP contribution in [-0.4, -0.2) is 44.7 Å². The van der Waals surface area contributed by atoms with E-state index < -0.39 is 0 Å². The summed E-state index contributed by atoms with van der Waals surface area (Å²) < 4.78 is 6.11. The van der Waals surface area contributed by atoms with Crippen LogP contribution in [-0.2, 0) is 0 Å². The summed E-state index contributed by atoms with van der Waals surface area (Å²) >= 11 is 0. The predicted octanol–water partition coefficient (Wildman–Crippen LogP) is 3.60. The molecule has 0 atom stereocenters. The zero-order chi connectivity index (χ0) is 15.4. The summed E-state index contributed by atoms with van der Waals surface area (Å²) in [6, 6.07) is 6.73. The lowest BCUT2D eigenvalue weighted by molar-refractivity contribution is 0.268. The third-order valence-electron chi connectivity index (χ3n) is 4.07. The monoisotopic (exact) mass is 290 g/mol. The normalized spacial score (nSPS) is 16.8. The predicted molar refractivity (Wildman–Crippen MR) is 90.6 cm³/mol. The molecule has 0 saturated carbocycles. The molecule has 1 aliphatic rings. The van der Waals surface area contributed by atoms with E-state index in [9.17, 15) is 0 Å². The quantitative estimate of drug-likeness (QED) is 0.824. The van der Waals surface area contributed by atoms with Gasteiger partial charge in [-0.2, -0.15) is 0 Å². The third kappa shape index (κ3) is 4.37. The van der Waals surface area contributed by atoms with Crippen LogP contribution in [0.25, 0.3) is 0 Å². The van der Waals surface area contributed by atoms with Gasteiger partial charge in [0, 0.05) is 26.2 Å². The molecule has 0 bridgehead atoms. The van der Waals surface area contributed by atoms with E-state index >= 15 is 0 Å². The molecular weight excluding hydrogens is 260 g/mol. The Kier molecular flexibility index (Phi) is 5.51. The van der Waals surface area contributed by atoms with E-state index in [1.165, 1.54) is 11.3 Å². The summed E-state index contributed by atoms with van der Waals surface area (Å²) in [6.45, 7) is 14.0. The van der Waals surface area contributed by atoms with Crippen molar-refractivity contribution in [1.82, 2.24) is 4.90 Å². The van der Waals surface area contributed by atoms with Crippen LogP contribution in [0.15, 0.2) is 18.2 Å². The van der Waals surface area contributed by atoms with E-state index in [-0.39, 0.29) is 0 Å². The first-order valence-electron chi connectivity index (χ1n) is 8.17. The minimum atomic E-state index is 0.535. The van der Waals surface area contributed by atoms with E-state index in [2.05, 4.69) is 62.7 Å². The van der Waals surface area contributed by atoms with Gasteiger partial charge in [-0.25, -0.2) is 0 Å². The van der Waals surface area contributed by atoms with Gasteiger partial charge in [0.1, 0.15) is 5.75 Å². The van der Waals surface area contributed by atoms with Gasteiger partial charge in [-0.3, -0.25) is 0 Å². The lowest BCUT2D eigenvalue weighted by atomic mass is 10.0. The van der Waals surface area contributed by atoms with Crippen molar-refractivity contribution in [3.8, 4) is 5.75 Å². The highest BCUT2D eigenvalue weighted by molar-refractivity contribution is 5.60. The second kappa shape index (κ2) is 7.17. The van der Waals surface area contributed by atoms with Gasteiger partial charge < -0.3 is 14.5 Å². The van der Waals surface area contributed by atoms with Crippen molar-refractivity contribution in [3.63, 3.8) is 0 Å². The molecule has 0 radical (unpaired) electrons. The topological polar surface area (TPSA) is 15.7 Å². The maximum atomic E-state index is 6.11. The first kappa shape index (κ1) is 16.2. The Balaban J connectivity index is 2.21. The van der Waals surface area contributed by atoms with Gasteiger partial charge in [0.05, 0.1) is 12.3 Å². The maximum Gasteiger partial charge on any atom is 0.142 e. The molecule has 3 nitrogen and oxygen atoms in total. The fraction of sp³-hybridized carbons (Fsp3) is 0.667. The van der Waals surface area contributed by atoms with Crippen LogP contribution >= 0.6 is 0 Å². The van der Waals surface area contributed by atoms with Crippen LogP contribution in [0, 0.1) is 5.92 Å². The van der Waals surface area contributed by atoms with Crippen molar-refractivity contribution < 1.29 is 4.74 Å². The Morgan fingerprint density at radius 2 is 1.71 bits per heavy atom. The van der Waals surface area contributed by atoms with Gasteiger partial charge in [0.2, 0.25) is 0 Å². The minimum absolute atomic E-state index is 0.535. The average molecular weight is 290 g/mol. The molecule has 1 heterocycles. The van der Waals surface area contributed by atoms with Crippen molar-refractivity contribution in [2.24, 2.45) is 5.92 Å². The second-order valence-electron chi connectivity index (χ2n) is 6.88. The Bertz CT molecular complexity index is 449. The zero-order valence-corrected chi connectivity index (χ0v) is 14.2. The maximum absolute atomic E-state index is 6.11. The highest BCUT2D eigenvalue weighted by atomic mass is 16.5. The molecule has 1 aromatic rings. The van der Waals surface area contributed by atoms with Crippen molar-refractivity contribution in [2.75, 3.05) is 44.7 Å². The van der Waals surface area contributed by atoms with Gasteiger partial charge in [0.15, 0.2) is 0 Å². The van der Waals surface area contributed by atoms with Crippen LogP contribution < -0.4 is 9.64 Å². The first-order chi connectivity index (χ1) is 9.97. The molecule has 1 aromatic carbocycles. The van der Waals surface area contributed by atoms with Crippen molar-refractivity contribution in [2.45, 2.75) is 33.6 Å². The molecule has 1 saturated heterocycles. The fourth-order valence-electron chi connectivity index (χ4n) is 2.57. The number of hydrogen-bond acceptors (Lipinski definition) is 3. The summed E-state index contributed by atoms with van der Waals surface area (Å²) in [7, 11) is 2.19.